The number of benzene rings is 1. The zero-order valence-corrected chi connectivity index (χ0v) is 7.21. The largest absolute Gasteiger partial charge is 0.508 e. The number of rotatable bonds is 0. The fourth-order valence-corrected chi connectivity index (χ4v) is 0.563. The summed E-state index contributed by atoms with van der Waals surface area (Å²) >= 11 is 0. The van der Waals surface area contributed by atoms with Crippen LogP contribution in [0.1, 0.15) is 5.56 Å². The Morgan fingerprint density at radius 3 is 1.90 bits per heavy atom. The molecule has 0 unspecified atom stereocenters. The molecule has 1 aromatic carbocycles. The molecule has 1 nitrogen and oxygen atoms in total. The van der Waals surface area contributed by atoms with Crippen molar-refractivity contribution in [3.63, 3.8) is 0 Å². The Hall–Kier alpha value is -0.400. The molecule has 0 saturated heterocycles. The van der Waals surface area contributed by atoms with E-state index in [2.05, 4.69) is 0 Å². The molecule has 0 fully saturated rings. The van der Waals surface area contributed by atoms with Crippen LogP contribution in [0.4, 0.5) is 0 Å². The monoisotopic (exact) mass is 180 g/mol. The van der Waals surface area contributed by atoms with E-state index in [9.17, 15) is 0 Å². The summed E-state index contributed by atoms with van der Waals surface area (Å²) in [4.78, 5) is 0. The summed E-state index contributed by atoms with van der Waals surface area (Å²) in [5.74, 6) is 0.368. The van der Waals surface area contributed by atoms with Crippen LogP contribution < -0.4 is 0 Å². The van der Waals surface area contributed by atoms with E-state index < -0.39 is 0 Å². The van der Waals surface area contributed by atoms with E-state index in [0.717, 1.165) is 5.56 Å². The lowest BCUT2D eigenvalue weighted by molar-refractivity contribution is 0.471. The Morgan fingerprint density at radius 1 is 1.10 bits per heavy atom. The van der Waals surface area contributed by atoms with Gasteiger partial charge in [-0.05, 0) is 18.6 Å². The van der Waals surface area contributed by atoms with Gasteiger partial charge in [-0.3, -0.25) is 0 Å². The maximum absolute atomic E-state index is 8.92. The smallest absolute Gasteiger partial charge is 0.118 e. The molecule has 58 valence electrons. The van der Waals surface area contributed by atoms with Gasteiger partial charge in [-0.2, -0.15) is 0 Å². The highest BCUT2D eigenvalue weighted by Gasteiger charge is 1.86. The second kappa shape index (κ2) is 5.39. The molecule has 10 heavy (non-hydrogen) atoms. The number of aromatic hydroxyl groups is 1. The summed E-state index contributed by atoms with van der Waals surface area (Å²) in [6.07, 6.45) is 0. The third kappa shape index (κ3) is 2.95. The Labute approximate surface area is 72.9 Å². The van der Waals surface area contributed by atoms with Gasteiger partial charge >= 0.3 is 0 Å². The van der Waals surface area contributed by atoms with Gasteiger partial charge in [-0.1, -0.05) is 18.2 Å². The van der Waals surface area contributed by atoms with E-state index in [1.807, 2.05) is 25.1 Å². The zero-order valence-electron chi connectivity index (χ0n) is 5.57. The number of phenolic OH excluding ortho intramolecular Hbond substituents is 1. The topological polar surface area (TPSA) is 20.2 Å². The molecule has 0 amide bonds. The molecular formula is C7H10Cl2O. The first kappa shape index (κ1) is 12.3. The molecule has 0 bridgehead atoms. The minimum absolute atomic E-state index is 0. The molecule has 0 aliphatic carbocycles. The molecule has 0 heterocycles. The first-order valence-electron chi connectivity index (χ1n) is 2.55. The van der Waals surface area contributed by atoms with Crippen LogP contribution in [-0.4, -0.2) is 5.11 Å². The average Bonchev–Trinajstić information content (AvgIpc) is 1.77. The van der Waals surface area contributed by atoms with Gasteiger partial charge in [-0.25, -0.2) is 0 Å². The van der Waals surface area contributed by atoms with Crippen molar-refractivity contribution < 1.29 is 5.11 Å². The maximum atomic E-state index is 8.92. The van der Waals surface area contributed by atoms with Crippen molar-refractivity contribution in [1.29, 1.82) is 0 Å². The summed E-state index contributed by atoms with van der Waals surface area (Å²) in [5.41, 5.74) is 0.924. The van der Waals surface area contributed by atoms with Gasteiger partial charge in [-0.15, -0.1) is 24.8 Å². The van der Waals surface area contributed by atoms with Gasteiger partial charge in [0.1, 0.15) is 5.75 Å². The molecule has 0 aliphatic heterocycles. The van der Waals surface area contributed by atoms with Gasteiger partial charge in [0.05, 0.1) is 0 Å². The second-order valence-corrected chi connectivity index (χ2v) is 1.79. The Bertz CT molecular complexity index is 168. The van der Waals surface area contributed by atoms with E-state index in [1.54, 1.807) is 6.07 Å². The fourth-order valence-electron chi connectivity index (χ4n) is 0.563. The normalized spacial score (nSPS) is 7.30. The fraction of sp³-hybridized carbons (Fsp3) is 0.143. The van der Waals surface area contributed by atoms with Crippen molar-refractivity contribution in [3.8, 4) is 5.75 Å². The van der Waals surface area contributed by atoms with Gasteiger partial charge in [0.25, 0.3) is 0 Å². The van der Waals surface area contributed by atoms with Crippen molar-refractivity contribution in [3.05, 3.63) is 29.8 Å². The zero-order chi connectivity index (χ0) is 5.98. The van der Waals surface area contributed by atoms with Crippen LogP contribution in [0.3, 0.4) is 0 Å². The van der Waals surface area contributed by atoms with E-state index in [1.165, 1.54) is 0 Å². The molecule has 0 spiro atoms. The van der Waals surface area contributed by atoms with Crippen molar-refractivity contribution in [2.45, 2.75) is 6.92 Å². The van der Waals surface area contributed by atoms with Crippen molar-refractivity contribution in [2.75, 3.05) is 0 Å². The highest BCUT2D eigenvalue weighted by Crippen LogP contribution is 2.12. The number of aryl methyl sites for hydroxylation is 1. The molecule has 0 radical (unpaired) electrons. The third-order valence-corrected chi connectivity index (χ3v) is 1.12. The second-order valence-electron chi connectivity index (χ2n) is 1.79. The van der Waals surface area contributed by atoms with Crippen LogP contribution in [0, 0.1) is 6.92 Å². The molecule has 1 N–H and O–H groups in total. The minimum Gasteiger partial charge on any atom is -0.508 e. The molecular weight excluding hydrogens is 171 g/mol. The SMILES string of the molecule is Cc1ccccc1O.Cl.Cl. The first-order chi connectivity index (χ1) is 3.80. The van der Waals surface area contributed by atoms with E-state index >= 15 is 0 Å². The van der Waals surface area contributed by atoms with Crippen molar-refractivity contribution in [1.82, 2.24) is 0 Å². The molecule has 0 atom stereocenters. The summed E-state index contributed by atoms with van der Waals surface area (Å²) in [7, 11) is 0. The Morgan fingerprint density at radius 2 is 1.60 bits per heavy atom. The van der Waals surface area contributed by atoms with Gasteiger partial charge in [0.2, 0.25) is 0 Å². The first-order valence-corrected chi connectivity index (χ1v) is 2.55. The summed E-state index contributed by atoms with van der Waals surface area (Å²) < 4.78 is 0. The number of phenols is 1. The van der Waals surface area contributed by atoms with Crippen LogP contribution in [0.5, 0.6) is 5.75 Å². The molecule has 1 rings (SSSR count). The van der Waals surface area contributed by atoms with E-state index in [-0.39, 0.29) is 24.8 Å². The van der Waals surface area contributed by atoms with Crippen LogP contribution in [-0.2, 0) is 0 Å². The lowest BCUT2D eigenvalue weighted by Gasteiger charge is -1.92. The predicted molar refractivity (Wildman–Crippen MR) is 47.3 cm³/mol. The summed E-state index contributed by atoms with van der Waals surface area (Å²) in [6.45, 7) is 1.87. The van der Waals surface area contributed by atoms with Crippen molar-refractivity contribution >= 4 is 24.8 Å². The highest BCUT2D eigenvalue weighted by atomic mass is 35.5. The van der Waals surface area contributed by atoms with Crippen LogP contribution in [0.2, 0.25) is 0 Å². The van der Waals surface area contributed by atoms with E-state index in [4.69, 9.17) is 5.11 Å². The lowest BCUT2D eigenvalue weighted by Crippen LogP contribution is -1.68. The van der Waals surface area contributed by atoms with Gasteiger partial charge < -0.3 is 5.11 Å². The molecule has 3 heteroatoms. The number of para-hydroxylation sites is 1. The Kier molecular flexibility index (Phi) is 6.63. The summed E-state index contributed by atoms with van der Waals surface area (Å²) in [5, 5.41) is 8.92. The molecule has 1 aromatic rings. The third-order valence-electron chi connectivity index (χ3n) is 1.12. The number of halogens is 2. The quantitative estimate of drug-likeness (QED) is 0.651. The van der Waals surface area contributed by atoms with Crippen LogP contribution in [0.25, 0.3) is 0 Å². The molecule has 0 aromatic heterocycles. The molecule has 0 saturated carbocycles. The van der Waals surface area contributed by atoms with Gasteiger partial charge in [0, 0.05) is 0 Å². The minimum atomic E-state index is 0. The number of hydrogen-bond donors (Lipinski definition) is 1. The van der Waals surface area contributed by atoms with Crippen molar-refractivity contribution in [2.24, 2.45) is 0 Å². The summed E-state index contributed by atoms with van der Waals surface area (Å²) in [6, 6.07) is 7.25. The van der Waals surface area contributed by atoms with Crippen LogP contribution >= 0.6 is 24.8 Å². The van der Waals surface area contributed by atoms with Crippen LogP contribution in [0.15, 0.2) is 24.3 Å². The number of hydrogen-bond acceptors (Lipinski definition) is 1. The average molecular weight is 181 g/mol. The molecule has 0 aliphatic rings. The predicted octanol–water partition coefficient (Wildman–Crippen LogP) is 2.54. The lowest BCUT2D eigenvalue weighted by atomic mass is 10.2. The maximum Gasteiger partial charge on any atom is 0.118 e. The standard InChI is InChI=1S/C7H8O.2ClH/c1-6-4-2-3-5-7(6)8;;/h2-5,8H,1H3;2*1H. The Balaban J connectivity index is 0. The van der Waals surface area contributed by atoms with Gasteiger partial charge in [0.15, 0.2) is 0 Å². The highest BCUT2D eigenvalue weighted by molar-refractivity contribution is 5.85. The van der Waals surface area contributed by atoms with E-state index in [0.29, 0.717) is 5.75 Å².